The molecule has 2 nitrogen and oxygen atoms in total. The smallest absolute Gasteiger partial charge is 0.0642 e. The van der Waals surface area contributed by atoms with Gasteiger partial charge in [0.25, 0.3) is 0 Å². The van der Waals surface area contributed by atoms with Crippen LogP contribution in [-0.4, -0.2) is 20.6 Å². The van der Waals surface area contributed by atoms with Gasteiger partial charge in [0, 0.05) is 14.1 Å². The third kappa shape index (κ3) is 2.89. The average molecular weight is 213 g/mol. The van der Waals surface area contributed by atoms with E-state index in [9.17, 15) is 0 Å². The summed E-state index contributed by atoms with van der Waals surface area (Å²) in [6.07, 6.45) is 2.02. The number of benzene rings is 1. The number of aryl methyl sites for hydroxylation is 1. The van der Waals surface area contributed by atoms with E-state index in [0.717, 1.165) is 30.1 Å². The number of hydrogen-bond acceptors (Lipinski definition) is 2. The molecule has 1 aromatic carbocycles. The van der Waals surface area contributed by atoms with Crippen molar-refractivity contribution in [3.63, 3.8) is 0 Å². The fourth-order valence-electron chi connectivity index (χ4n) is 1.37. The molecule has 0 spiro atoms. The van der Waals surface area contributed by atoms with Crippen LogP contribution in [0, 0.1) is 0 Å². The van der Waals surface area contributed by atoms with E-state index in [1.807, 2.05) is 31.1 Å². The van der Waals surface area contributed by atoms with Crippen LogP contribution >= 0.6 is 11.6 Å². The lowest BCUT2D eigenvalue weighted by Crippen LogP contribution is -2.09. The number of nitrogens with zero attached hydrogens (tertiary/aromatic N) is 1. The summed E-state index contributed by atoms with van der Waals surface area (Å²) < 4.78 is 0. The molecule has 0 bridgehead atoms. The second-order valence-corrected chi connectivity index (χ2v) is 3.98. The van der Waals surface area contributed by atoms with E-state index >= 15 is 0 Å². The normalized spacial score (nSPS) is 10.3. The van der Waals surface area contributed by atoms with Crippen LogP contribution in [0.3, 0.4) is 0 Å². The quantitative estimate of drug-likeness (QED) is 0.830. The highest BCUT2D eigenvalue weighted by Crippen LogP contribution is 2.25. The predicted octanol–water partition coefficient (Wildman–Crippen LogP) is 2.30. The Morgan fingerprint density at radius 2 is 2.07 bits per heavy atom. The van der Waals surface area contributed by atoms with E-state index < -0.39 is 0 Å². The highest BCUT2D eigenvalue weighted by molar-refractivity contribution is 6.33. The molecule has 0 atom stereocenters. The molecule has 78 valence electrons. The molecule has 0 aliphatic carbocycles. The summed E-state index contributed by atoms with van der Waals surface area (Å²) in [5.41, 5.74) is 7.77. The molecule has 0 aliphatic heterocycles. The van der Waals surface area contributed by atoms with Gasteiger partial charge in [0.2, 0.25) is 0 Å². The fourth-order valence-corrected chi connectivity index (χ4v) is 1.75. The average Bonchev–Trinajstić information content (AvgIpc) is 2.14. The molecular weight excluding hydrogens is 196 g/mol. The molecule has 3 heteroatoms. The second kappa shape index (κ2) is 5.23. The van der Waals surface area contributed by atoms with Gasteiger partial charge < -0.3 is 10.6 Å². The molecule has 0 aliphatic rings. The molecule has 0 heterocycles. The van der Waals surface area contributed by atoms with E-state index in [-0.39, 0.29) is 0 Å². The van der Waals surface area contributed by atoms with E-state index in [2.05, 4.69) is 6.07 Å². The molecule has 0 saturated carbocycles. The fraction of sp³-hybridized carbons (Fsp3) is 0.455. The van der Waals surface area contributed by atoms with Gasteiger partial charge in [-0.15, -0.1) is 0 Å². The Kier molecular flexibility index (Phi) is 4.23. The maximum Gasteiger partial charge on any atom is 0.0642 e. The zero-order valence-corrected chi connectivity index (χ0v) is 9.51. The first-order chi connectivity index (χ1) is 6.65. The topological polar surface area (TPSA) is 29.3 Å². The Hall–Kier alpha value is -0.730. The van der Waals surface area contributed by atoms with Crippen molar-refractivity contribution in [3.05, 3.63) is 28.8 Å². The van der Waals surface area contributed by atoms with Crippen molar-refractivity contribution >= 4 is 17.3 Å². The van der Waals surface area contributed by atoms with Crippen LogP contribution < -0.4 is 10.6 Å². The number of rotatable bonds is 4. The number of halogens is 1. The highest BCUT2D eigenvalue weighted by atomic mass is 35.5. The molecule has 1 rings (SSSR count). The Morgan fingerprint density at radius 1 is 1.36 bits per heavy atom. The van der Waals surface area contributed by atoms with E-state index in [0.29, 0.717) is 0 Å². The number of anilines is 1. The molecule has 0 fully saturated rings. The van der Waals surface area contributed by atoms with Gasteiger partial charge in [-0.25, -0.2) is 0 Å². The van der Waals surface area contributed by atoms with Crippen molar-refractivity contribution in [1.82, 2.24) is 0 Å². The summed E-state index contributed by atoms with van der Waals surface area (Å²) in [5.74, 6) is 0. The lowest BCUT2D eigenvalue weighted by molar-refractivity contribution is 0.832. The van der Waals surface area contributed by atoms with Gasteiger partial charge in [0.1, 0.15) is 0 Å². The standard InChI is InChI=1S/C11H17ClN2/c1-14(2)11-6-5-9(4-3-7-13)8-10(11)12/h5-6,8H,3-4,7,13H2,1-2H3. The van der Waals surface area contributed by atoms with Gasteiger partial charge in [0.15, 0.2) is 0 Å². The van der Waals surface area contributed by atoms with Gasteiger partial charge in [0.05, 0.1) is 10.7 Å². The van der Waals surface area contributed by atoms with Gasteiger partial charge in [-0.3, -0.25) is 0 Å². The van der Waals surface area contributed by atoms with Crippen molar-refractivity contribution < 1.29 is 0 Å². The SMILES string of the molecule is CN(C)c1ccc(CCCN)cc1Cl. The molecule has 0 unspecified atom stereocenters. The van der Waals surface area contributed by atoms with Crippen molar-refractivity contribution in [2.75, 3.05) is 25.5 Å². The van der Waals surface area contributed by atoms with Crippen molar-refractivity contribution in [3.8, 4) is 0 Å². The zero-order valence-electron chi connectivity index (χ0n) is 8.76. The number of hydrogen-bond donors (Lipinski definition) is 1. The largest absolute Gasteiger partial charge is 0.376 e. The maximum atomic E-state index is 6.13. The minimum atomic E-state index is 0.729. The summed E-state index contributed by atoms with van der Waals surface area (Å²) in [7, 11) is 3.97. The third-order valence-electron chi connectivity index (χ3n) is 2.16. The van der Waals surface area contributed by atoms with E-state index in [4.69, 9.17) is 17.3 Å². The highest BCUT2D eigenvalue weighted by Gasteiger charge is 2.02. The summed E-state index contributed by atoms with van der Waals surface area (Å²) >= 11 is 6.13. The lowest BCUT2D eigenvalue weighted by Gasteiger charge is -2.15. The maximum absolute atomic E-state index is 6.13. The first kappa shape index (κ1) is 11.3. The van der Waals surface area contributed by atoms with Crippen LogP contribution in [0.1, 0.15) is 12.0 Å². The van der Waals surface area contributed by atoms with Crippen molar-refractivity contribution in [1.29, 1.82) is 0 Å². The van der Waals surface area contributed by atoms with Crippen LogP contribution in [0.15, 0.2) is 18.2 Å². The molecular formula is C11H17ClN2. The molecule has 1 aromatic rings. The van der Waals surface area contributed by atoms with Crippen molar-refractivity contribution in [2.24, 2.45) is 5.73 Å². The predicted molar refractivity (Wildman–Crippen MR) is 63.2 cm³/mol. The van der Waals surface area contributed by atoms with Gasteiger partial charge in [-0.2, -0.15) is 0 Å². The zero-order chi connectivity index (χ0) is 10.6. The molecule has 14 heavy (non-hydrogen) atoms. The summed E-state index contributed by atoms with van der Waals surface area (Å²) in [6.45, 7) is 0.729. The van der Waals surface area contributed by atoms with Crippen LogP contribution in [0.2, 0.25) is 5.02 Å². The minimum Gasteiger partial charge on any atom is -0.376 e. The van der Waals surface area contributed by atoms with Gasteiger partial charge in [-0.05, 0) is 37.1 Å². The van der Waals surface area contributed by atoms with Crippen molar-refractivity contribution in [2.45, 2.75) is 12.8 Å². The van der Waals surface area contributed by atoms with E-state index in [1.165, 1.54) is 5.56 Å². The first-order valence-electron chi connectivity index (χ1n) is 4.81. The lowest BCUT2D eigenvalue weighted by atomic mass is 10.1. The Morgan fingerprint density at radius 3 is 2.57 bits per heavy atom. The first-order valence-corrected chi connectivity index (χ1v) is 5.18. The molecule has 0 radical (unpaired) electrons. The monoisotopic (exact) mass is 212 g/mol. The molecule has 0 aromatic heterocycles. The van der Waals surface area contributed by atoms with Crippen LogP contribution in [0.25, 0.3) is 0 Å². The van der Waals surface area contributed by atoms with Gasteiger partial charge >= 0.3 is 0 Å². The molecule has 0 amide bonds. The Bertz CT molecular complexity index is 297. The molecule has 2 N–H and O–H groups in total. The minimum absolute atomic E-state index is 0.729. The van der Waals surface area contributed by atoms with Crippen LogP contribution in [-0.2, 0) is 6.42 Å². The third-order valence-corrected chi connectivity index (χ3v) is 2.47. The van der Waals surface area contributed by atoms with Gasteiger partial charge in [-0.1, -0.05) is 17.7 Å². The van der Waals surface area contributed by atoms with Crippen LogP contribution in [0.5, 0.6) is 0 Å². The Balaban J connectivity index is 2.78. The Labute approximate surface area is 90.7 Å². The number of nitrogens with two attached hydrogens (primary N) is 1. The van der Waals surface area contributed by atoms with Crippen LogP contribution in [0.4, 0.5) is 5.69 Å². The second-order valence-electron chi connectivity index (χ2n) is 3.57. The summed E-state index contributed by atoms with van der Waals surface area (Å²) in [4.78, 5) is 2.01. The molecule has 0 saturated heterocycles. The summed E-state index contributed by atoms with van der Waals surface area (Å²) in [6, 6.07) is 6.18. The summed E-state index contributed by atoms with van der Waals surface area (Å²) in [5, 5.41) is 0.810. The van der Waals surface area contributed by atoms with E-state index in [1.54, 1.807) is 0 Å².